The van der Waals surface area contributed by atoms with Crippen molar-refractivity contribution in [2.24, 2.45) is 5.73 Å². The molecule has 0 fully saturated rings. The van der Waals surface area contributed by atoms with E-state index in [1.54, 1.807) is 0 Å². The van der Waals surface area contributed by atoms with Crippen molar-refractivity contribution < 1.29 is 37.6 Å². The molecule has 0 amide bonds. The molecule has 1 unspecified atom stereocenters. The van der Waals surface area contributed by atoms with Gasteiger partial charge in [-0.25, -0.2) is 4.57 Å². The molecule has 0 bridgehead atoms. The fourth-order valence-corrected chi connectivity index (χ4v) is 6.39. The Kier molecular flexibility index (Phi) is 35.6. The lowest BCUT2D eigenvalue weighted by molar-refractivity contribution is -0.161. The van der Waals surface area contributed by atoms with Gasteiger partial charge in [-0.2, -0.15) is 0 Å². The molecule has 0 saturated heterocycles. The van der Waals surface area contributed by atoms with E-state index in [9.17, 15) is 19.0 Å². The van der Waals surface area contributed by atoms with E-state index in [1.165, 1.54) is 109 Å². The highest BCUT2D eigenvalue weighted by Crippen LogP contribution is 2.43. The Bertz CT molecular complexity index is 825. The Labute approximate surface area is 300 Å². The number of phosphoric acid groups is 1. The van der Waals surface area contributed by atoms with E-state index in [2.05, 4.69) is 26.0 Å². The maximum atomic E-state index is 12.5. The minimum atomic E-state index is -4.37. The molecule has 0 aliphatic rings. The Balaban J connectivity index is 4.19. The van der Waals surface area contributed by atoms with E-state index in [4.69, 9.17) is 24.3 Å². The highest BCUT2D eigenvalue weighted by molar-refractivity contribution is 7.47. The summed E-state index contributed by atoms with van der Waals surface area (Å²) in [6, 6.07) is 0. The van der Waals surface area contributed by atoms with Gasteiger partial charge in [0.15, 0.2) is 6.10 Å². The molecule has 2 atom stereocenters. The van der Waals surface area contributed by atoms with Crippen LogP contribution in [0.3, 0.4) is 0 Å². The van der Waals surface area contributed by atoms with Gasteiger partial charge in [-0.15, -0.1) is 0 Å². The van der Waals surface area contributed by atoms with Gasteiger partial charge in [0.25, 0.3) is 0 Å². The first kappa shape index (κ1) is 47.8. The van der Waals surface area contributed by atoms with Gasteiger partial charge in [-0.1, -0.05) is 154 Å². The predicted octanol–water partition coefficient (Wildman–Crippen LogP) is 11.1. The molecule has 0 heterocycles. The molecule has 9 nitrogen and oxygen atoms in total. The number of allylic oxidation sites excluding steroid dienone is 2. The normalized spacial score (nSPS) is 13.5. The van der Waals surface area contributed by atoms with Crippen molar-refractivity contribution >= 4 is 19.8 Å². The van der Waals surface area contributed by atoms with Crippen molar-refractivity contribution in [1.82, 2.24) is 0 Å². The summed E-state index contributed by atoms with van der Waals surface area (Å²) in [7, 11) is -4.37. The van der Waals surface area contributed by atoms with Crippen LogP contribution in [0.5, 0.6) is 0 Å². The summed E-state index contributed by atoms with van der Waals surface area (Å²) in [4.78, 5) is 34.7. The average Bonchev–Trinajstić information content (AvgIpc) is 3.08. The van der Waals surface area contributed by atoms with E-state index in [0.29, 0.717) is 6.42 Å². The van der Waals surface area contributed by atoms with Crippen LogP contribution in [0, 0.1) is 0 Å². The molecule has 49 heavy (non-hydrogen) atoms. The number of nitrogens with two attached hydrogens (primary N) is 1. The number of phosphoric ester groups is 1. The van der Waals surface area contributed by atoms with Crippen molar-refractivity contribution in [2.75, 3.05) is 26.4 Å². The molecule has 0 aromatic carbocycles. The third-order valence-corrected chi connectivity index (χ3v) is 9.64. The third kappa shape index (κ3) is 36.3. The molecule has 0 rings (SSSR count). The maximum absolute atomic E-state index is 12.5. The van der Waals surface area contributed by atoms with Gasteiger partial charge in [-0.3, -0.25) is 18.6 Å². The number of hydrogen-bond acceptors (Lipinski definition) is 8. The smallest absolute Gasteiger partial charge is 0.462 e. The average molecular weight is 718 g/mol. The molecule has 0 aliphatic carbocycles. The van der Waals surface area contributed by atoms with Crippen LogP contribution in [-0.2, 0) is 32.7 Å². The second kappa shape index (κ2) is 36.5. The van der Waals surface area contributed by atoms with Gasteiger partial charge >= 0.3 is 19.8 Å². The second-order valence-electron chi connectivity index (χ2n) is 13.5. The zero-order valence-electron chi connectivity index (χ0n) is 31.7. The fraction of sp³-hybridized carbons (Fsp3) is 0.897. The summed E-state index contributed by atoms with van der Waals surface area (Å²) in [6.45, 7) is 3.73. The maximum Gasteiger partial charge on any atom is 0.472 e. The van der Waals surface area contributed by atoms with E-state index in [0.717, 1.165) is 51.4 Å². The van der Waals surface area contributed by atoms with Crippen molar-refractivity contribution in [3.63, 3.8) is 0 Å². The van der Waals surface area contributed by atoms with E-state index in [-0.39, 0.29) is 38.6 Å². The van der Waals surface area contributed by atoms with Crippen LogP contribution in [-0.4, -0.2) is 49.3 Å². The zero-order chi connectivity index (χ0) is 36.1. The highest BCUT2D eigenvalue weighted by Gasteiger charge is 2.26. The van der Waals surface area contributed by atoms with Crippen LogP contribution >= 0.6 is 7.82 Å². The molecule has 3 N–H and O–H groups in total. The molecular formula is C39H76NO8P. The molecule has 0 aromatic rings. The molecular weight excluding hydrogens is 641 g/mol. The first-order valence-electron chi connectivity index (χ1n) is 20.2. The van der Waals surface area contributed by atoms with Gasteiger partial charge in [0.05, 0.1) is 13.2 Å². The van der Waals surface area contributed by atoms with Gasteiger partial charge in [-0.05, 0) is 38.5 Å². The zero-order valence-corrected chi connectivity index (χ0v) is 32.6. The fourth-order valence-electron chi connectivity index (χ4n) is 5.63. The van der Waals surface area contributed by atoms with Crippen LogP contribution in [0.25, 0.3) is 0 Å². The minimum Gasteiger partial charge on any atom is -0.462 e. The standard InChI is InChI=1S/C39H76NO8P/c1-3-5-7-9-11-13-15-17-18-20-22-24-26-28-30-32-39(42)48-37(36-47-49(43,44)46-34-33-40)35-45-38(41)31-29-27-25-23-21-19-16-14-12-10-8-6-4-2/h17-18,37H,3-16,19-36,40H2,1-2H3,(H,43,44)/b18-17-/t37-/m0/s1. The molecule has 0 saturated carbocycles. The van der Waals surface area contributed by atoms with Crippen molar-refractivity contribution in [3.8, 4) is 0 Å². The summed E-state index contributed by atoms with van der Waals surface area (Å²) in [5, 5.41) is 0. The molecule has 10 heteroatoms. The lowest BCUT2D eigenvalue weighted by Gasteiger charge is -2.19. The molecule has 0 aromatic heterocycles. The van der Waals surface area contributed by atoms with E-state index < -0.39 is 26.5 Å². The lowest BCUT2D eigenvalue weighted by atomic mass is 10.0. The number of carbonyl (C=O) groups excluding carboxylic acids is 2. The molecule has 0 spiro atoms. The molecule has 0 aliphatic heterocycles. The third-order valence-electron chi connectivity index (χ3n) is 8.65. The first-order valence-corrected chi connectivity index (χ1v) is 21.7. The van der Waals surface area contributed by atoms with Crippen molar-refractivity contribution in [2.45, 2.75) is 200 Å². The summed E-state index contributed by atoms with van der Waals surface area (Å²) >= 11 is 0. The van der Waals surface area contributed by atoms with Gasteiger partial charge in [0.1, 0.15) is 6.61 Å². The summed E-state index contributed by atoms with van der Waals surface area (Å²) in [5.41, 5.74) is 5.33. The number of esters is 2. The largest absolute Gasteiger partial charge is 0.472 e. The number of hydrogen-bond donors (Lipinski definition) is 2. The van der Waals surface area contributed by atoms with E-state index >= 15 is 0 Å². The van der Waals surface area contributed by atoms with Crippen LogP contribution in [0.15, 0.2) is 12.2 Å². The number of unbranched alkanes of at least 4 members (excludes halogenated alkanes) is 23. The summed E-state index contributed by atoms with van der Waals surface area (Å²) in [6.07, 6.45) is 35.2. The topological polar surface area (TPSA) is 134 Å². The van der Waals surface area contributed by atoms with Crippen molar-refractivity contribution in [1.29, 1.82) is 0 Å². The van der Waals surface area contributed by atoms with Gasteiger partial charge in [0.2, 0.25) is 0 Å². The Morgan fingerprint density at radius 2 is 1.00 bits per heavy atom. The summed E-state index contributed by atoms with van der Waals surface area (Å²) < 4.78 is 32.7. The highest BCUT2D eigenvalue weighted by atomic mass is 31.2. The van der Waals surface area contributed by atoms with Crippen molar-refractivity contribution in [3.05, 3.63) is 12.2 Å². The Morgan fingerprint density at radius 3 is 1.45 bits per heavy atom. The monoisotopic (exact) mass is 718 g/mol. The molecule has 0 radical (unpaired) electrons. The number of carbonyl (C=O) groups is 2. The van der Waals surface area contributed by atoms with Gasteiger partial charge < -0.3 is 20.1 Å². The predicted molar refractivity (Wildman–Crippen MR) is 201 cm³/mol. The van der Waals surface area contributed by atoms with Crippen LogP contribution in [0.4, 0.5) is 0 Å². The van der Waals surface area contributed by atoms with Gasteiger partial charge in [0, 0.05) is 19.4 Å². The Morgan fingerprint density at radius 1 is 0.592 bits per heavy atom. The lowest BCUT2D eigenvalue weighted by Crippen LogP contribution is -2.29. The van der Waals surface area contributed by atoms with E-state index in [1.807, 2.05) is 0 Å². The summed E-state index contributed by atoms with van der Waals surface area (Å²) in [5.74, 6) is -0.831. The SMILES string of the molecule is CCCCCCCC/C=C\CCCCCCCC(=O)O[C@@H](COC(=O)CCCCCCCCCCCCCCC)COP(=O)(O)OCCN. The quantitative estimate of drug-likeness (QED) is 0.0277. The second-order valence-corrected chi connectivity index (χ2v) is 15.0. The minimum absolute atomic E-state index is 0.0546. The molecule has 290 valence electrons. The van der Waals surface area contributed by atoms with Crippen LogP contribution < -0.4 is 5.73 Å². The van der Waals surface area contributed by atoms with Crippen LogP contribution in [0.2, 0.25) is 0 Å². The Hall–Kier alpha value is -1.25. The number of ether oxygens (including phenoxy) is 2. The van der Waals surface area contributed by atoms with Crippen LogP contribution in [0.1, 0.15) is 194 Å². The number of rotatable bonds is 38. The first-order chi connectivity index (χ1) is 23.8.